The van der Waals surface area contributed by atoms with Gasteiger partial charge in [-0.25, -0.2) is 8.42 Å². The van der Waals surface area contributed by atoms with E-state index in [2.05, 4.69) is 21.2 Å². The Kier molecular flexibility index (Phi) is 4.79. The molecule has 6 heteroatoms. The number of hydrogen-bond donors (Lipinski definition) is 1. The van der Waals surface area contributed by atoms with Crippen LogP contribution in [0, 0.1) is 0 Å². The summed E-state index contributed by atoms with van der Waals surface area (Å²) in [7, 11) is -2.95. The van der Waals surface area contributed by atoms with Crippen molar-refractivity contribution in [1.29, 1.82) is 0 Å². The zero-order valence-corrected chi connectivity index (χ0v) is 13.9. The molecule has 1 saturated carbocycles. The van der Waals surface area contributed by atoms with Crippen LogP contribution in [0.2, 0.25) is 5.02 Å². The highest BCUT2D eigenvalue weighted by Gasteiger charge is 2.28. The standard InChI is InChI=1S/C13H17BrClNO2S/c1-19(17,18)11-4-2-3-10(8-11)16-13-7-9(15)5-6-12(13)14/h5-7,10-11,16H,2-4,8H2,1H3. The van der Waals surface area contributed by atoms with Gasteiger partial charge >= 0.3 is 0 Å². The maximum Gasteiger partial charge on any atom is 0.150 e. The van der Waals surface area contributed by atoms with Crippen molar-refractivity contribution in [2.45, 2.75) is 37.0 Å². The highest BCUT2D eigenvalue weighted by molar-refractivity contribution is 9.10. The Morgan fingerprint density at radius 1 is 1.37 bits per heavy atom. The molecule has 1 fully saturated rings. The van der Waals surface area contributed by atoms with Gasteiger partial charge in [0.25, 0.3) is 0 Å². The average Bonchev–Trinajstić information content (AvgIpc) is 2.33. The summed E-state index contributed by atoms with van der Waals surface area (Å²) in [4.78, 5) is 0. The normalized spacial score (nSPS) is 24.2. The number of nitrogens with one attached hydrogen (secondary N) is 1. The lowest BCUT2D eigenvalue weighted by Gasteiger charge is -2.29. The van der Waals surface area contributed by atoms with Crippen LogP contribution in [0.25, 0.3) is 0 Å². The summed E-state index contributed by atoms with van der Waals surface area (Å²) in [5.74, 6) is 0. The quantitative estimate of drug-likeness (QED) is 0.883. The van der Waals surface area contributed by atoms with E-state index >= 15 is 0 Å². The van der Waals surface area contributed by atoms with Gasteiger partial charge in [0.15, 0.2) is 0 Å². The molecule has 1 N–H and O–H groups in total. The van der Waals surface area contributed by atoms with Crippen LogP contribution in [0.3, 0.4) is 0 Å². The molecule has 0 aliphatic heterocycles. The molecule has 2 unspecified atom stereocenters. The van der Waals surface area contributed by atoms with Crippen LogP contribution >= 0.6 is 27.5 Å². The Morgan fingerprint density at radius 3 is 2.79 bits per heavy atom. The number of anilines is 1. The van der Waals surface area contributed by atoms with Crippen LogP contribution in [0.5, 0.6) is 0 Å². The van der Waals surface area contributed by atoms with Crippen molar-refractivity contribution in [1.82, 2.24) is 0 Å². The Hall–Kier alpha value is -0.260. The van der Waals surface area contributed by atoms with E-state index in [1.54, 1.807) is 0 Å². The molecule has 3 nitrogen and oxygen atoms in total. The van der Waals surface area contributed by atoms with Crippen molar-refractivity contribution in [2.75, 3.05) is 11.6 Å². The number of halogens is 2. The second-order valence-corrected chi connectivity index (χ2v) is 8.70. The van der Waals surface area contributed by atoms with E-state index in [0.717, 1.165) is 29.4 Å². The van der Waals surface area contributed by atoms with Gasteiger partial charge in [-0.15, -0.1) is 0 Å². The third kappa shape index (κ3) is 4.10. The van der Waals surface area contributed by atoms with Crippen LogP contribution in [0.15, 0.2) is 22.7 Å². The Morgan fingerprint density at radius 2 is 2.11 bits per heavy atom. The van der Waals surface area contributed by atoms with Gasteiger partial charge in [0.1, 0.15) is 9.84 Å². The zero-order chi connectivity index (χ0) is 14.0. The van der Waals surface area contributed by atoms with E-state index in [-0.39, 0.29) is 11.3 Å². The summed E-state index contributed by atoms with van der Waals surface area (Å²) in [6, 6.07) is 5.75. The molecule has 0 heterocycles. The Bertz CT molecular complexity index is 562. The number of benzene rings is 1. The van der Waals surface area contributed by atoms with Gasteiger partial charge < -0.3 is 5.32 Å². The van der Waals surface area contributed by atoms with Crippen LogP contribution in [0.4, 0.5) is 5.69 Å². The summed E-state index contributed by atoms with van der Waals surface area (Å²) >= 11 is 9.45. The maximum absolute atomic E-state index is 11.6. The average molecular weight is 367 g/mol. The summed E-state index contributed by atoms with van der Waals surface area (Å²) < 4.78 is 24.2. The van der Waals surface area contributed by atoms with E-state index in [1.807, 2.05) is 18.2 Å². The van der Waals surface area contributed by atoms with Crippen molar-refractivity contribution in [3.63, 3.8) is 0 Å². The van der Waals surface area contributed by atoms with E-state index in [9.17, 15) is 8.42 Å². The summed E-state index contributed by atoms with van der Waals surface area (Å²) in [5, 5.41) is 3.84. The summed E-state index contributed by atoms with van der Waals surface area (Å²) in [6.07, 6.45) is 4.69. The van der Waals surface area contributed by atoms with Crippen molar-refractivity contribution in [2.24, 2.45) is 0 Å². The molecule has 0 radical (unpaired) electrons. The molecule has 0 aromatic heterocycles. The third-order valence-corrected chi connectivity index (χ3v) is 6.09. The minimum atomic E-state index is -2.95. The van der Waals surface area contributed by atoms with Gasteiger partial charge in [-0.2, -0.15) is 0 Å². The second-order valence-electron chi connectivity index (χ2n) is 5.08. The molecular weight excluding hydrogens is 350 g/mol. The molecular formula is C13H17BrClNO2S. The molecule has 0 spiro atoms. The fraction of sp³-hybridized carbons (Fsp3) is 0.538. The number of sulfone groups is 1. The fourth-order valence-corrected chi connectivity index (χ4v) is 4.20. The predicted molar refractivity (Wildman–Crippen MR) is 83.7 cm³/mol. The number of rotatable bonds is 3. The first kappa shape index (κ1) is 15.1. The van der Waals surface area contributed by atoms with Crippen molar-refractivity contribution in [3.05, 3.63) is 27.7 Å². The van der Waals surface area contributed by atoms with Gasteiger partial charge in [-0.05, 0) is 53.4 Å². The third-order valence-electron chi connectivity index (χ3n) is 3.52. The molecule has 1 aromatic carbocycles. The van der Waals surface area contributed by atoms with Gasteiger partial charge in [0.05, 0.1) is 10.9 Å². The molecule has 2 atom stereocenters. The lowest BCUT2D eigenvalue weighted by molar-refractivity contribution is 0.453. The first-order valence-electron chi connectivity index (χ1n) is 6.26. The van der Waals surface area contributed by atoms with Crippen LogP contribution < -0.4 is 5.32 Å². The van der Waals surface area contributed by atoms with Crippen LogP contribution in [0.1, 0.15) is 25.7 Å². The van der Waals surface area contributed by atoms with Crippen molar-refractivity contribution >= 4 is 43.1 Å². The Balaban J connectivity index is 2.09. The van der Waals surface area contributed by atoms with E-state index < -0.39 is 9.84 Å². The molecule has 0 bridgehead atoms. The summed E-state index contributed by atoms with van der Waals surface area (Å²) in [5.41, 5.74) is 0.923. The molecule has 1 aliphatic carbocycles. The SMILES string of the molecule is CS(=O)(=O)C1CCCC(Nc2cc(Cl)ccc2Br)C1. The molecule has 0 saturated heterocycles. The van der Waals surface area contributed by atoms with Gasteiger partial charge in [-0.3, -0.25) is 0 Å². The van der Waals surface area contributed by atoms with E-state index in [1.165, 1.54) is 6.26 Å². The molecule has 0 amide bonds. The van der Waals surface area contributed by atoms with Gasteiger partial charge in [-0.1, -0.05) is 18.0 Å². The monoisotopic (exact) mass is 365 g/mol. The van der Waals surface area contributed by atoms with Crippen molar-refractivity contribution in [3.8, 4) is 0 Å². The predicted octanol–water partition coefficient (Wildman–Crippen LogP) is 3.87. The van der Waals surface area contributed by atoms with Gasteiger partial charge in [0.2, 0.25) is 0 Å². The highest BCUT2D eigenvalue weighted by atomic mass is 79.9. The lowest BCUT2D eigenvalue weighted by Crippen LogP contribution is -2.34. The minimum Gasteiger partial charge on any atom is -0.381 e. The van der Waals surface area contributed by atoms with E-state index in [4.69, 9.17) is 11.6 Å². The summed E-state index contributed by atoms with van der Waals surface area (Å²) in [6.45, 7) is 0. The number of hydrogen-bond acceptors (Lipinski definition) is 3. The second kappa shape index (κ2) is 6.02. The maximum atomic E-state index is 11.6. The largest absolute Gasteiger partial charge is 0.381 e. The molecule has 1 aromatic rings. The zero-order valence-electron chi connectivity index (χ0n) is 10.7. The van der Waals surface area contributed by atoms with Crippen molar-refractivity contribution < 1.29 is 8.42 Å². The lowest BCUT2D eigenvalue weighted by atomic mass is 9.95. The molecule has 19 heavy (non-hydrogen) atoms. The topological polar surface area (TPSA) is 46.2 Å². The molecule has 2 rings (SSSR count). The first-order valence-corrected chi connectivity index (χ1v) is 9.39. The highest BCUT2D eigenvalue weighted by Crippen LogP contribution is 2.31. The minimum absolute atomic E-state index is 0.184. The molecule has 1 aliphatic rings. The first-order chi connectivity index (χ1) is 8.86. The molecule has 106 valence electrons. The fourth-order valence-electron chi connectivity index (χ4n) is 2.49. The van der Waals surface area contributed by atoms with E-state index in [0.29, 0.717) is 11.4 Å². The van der Waals surface area contributed by atoms with Crippen LogP contribution in [-0.2, 0) is 9.84 Å². The van der Waals surface area contributed by atoms with Crippen LogP contribution in [-0.4, -0.2) is 26.0 Å². The van der Waals surface area contributed by atoms with Gasteiger partial charge in [0, 0.05) is 21.8 Å². The Labute approximate surface area is 127 Å². The smallest absolute Gasteiger partial charge is 0.150 e.